The average molecular weight is 566 g/mol. The first-order chi connectivity index (χ1) is 21.8. The second-order valence-corrected chi connectivity index (χ2v) is 13.0. The Morgan fingerprint density at radius 3 is 1.82 bits per heavy atom. The molecule has 0 aliphatic heterocycles. The van der Waals surface area contributed by atoms with Gasteiger partial charge in [0.15, 0.2) is 0 Å². The van der Waals surface area contributed by atoms with Crippen molar-refractivity contribution in [3.05, 3.63) is 163 Å². The van der Waals surface area contributed by atoms with E-state index in [1.54, 1.807) is 11.1 Å². The highest BCUT2D eigenvalue weighted by Crippen LogP contribution is 2.66. The molecule has 6 aromatic rings. The van der Waals surface area contributed by atoms with Crippen molar-refractivity contribution < 1.29 is 0 Å². The second-order valence-electron chi connectivity index (χ2n) is 13.0. The Bertz CT molecular complexity index is 1970. The summed E-state index contributed by atoms with van der Waals surface area (Å²) in [6.45, 7) is 0. The molecule has 0 radical (unpaired) electrons. The first-order valence-corrected chi connectivity index (χ1v) is 16.1. The normalized spacial score (nSPS) is 20.9. The molecule has 0 heterocycles. The van der Waals surface area contributed by atoms with Crippen molar-refractivity contribution in [2.24, 2.45) is 11.8 Å². The first kappa shape index (κ1) is 25.6. The zero-order chi connectivity index (χ0) is 29.1. The molecule has 0 amide bonds. The largest absolute Gasteiger partial charge is 0.310 e. The van der Waals surface area contributed by atoms with Crippen LogP contribution in [0.2, 0.25) is 0 Å². The molecule has 212 valence electrons. The summed E-state index contributed by atoms with van der Waals surface area (Å²) in [6.07, 6.45) is 5.41. The van der Waals surface area contributed by atoms with Gasteiger partial charge in [-0.15, -0.1) is 0 Å². The average Bonchev–Trinajstić information content (AvgIpc) is 3.79. The summed E-state index contributed by atoms with van der Waals surface area (Å²) >= 11 is 0. The van der Waals surface area contributed by atoms with Crippen molar-refractivity contribution in [2.75, 3.05) is 4.90 Å². The lowest BCUT2D eigenvalue weighted by molar-refractivity contribution is 0.327. The molecule has 1 heteroatoms. The fourth-order valence-electron chi connectivity index (χ4n) is 8.91. The highest BCUT2D eigenvalue weighted by atomic mass is 15.1. The fourth-order valence-corrected chi connectivity index (χ4v) is 8.91. The molecule has 2 fully saturated rings. The third kappa shape index (κ3) is 3.85. The van der Waals surface area contributed by atoms with Crippen LogP contribution in [0, 0.1) is 11.8 Å². The number of para-hydroxylation sites is 1. The van der Waals surface area contributed by atoms with E-state index in [4.69, 9.17) is 0 Å². The summed E-state index contributed by atoms with van der Waals surface area (Å²) in [5.74, 6) is 1.59. The van der Waals surface area contributed by atoms with Crippen molar-refractivity contribution >= 4 is 17.1 Å². The molecule has 3 aliphatic rings. The lowest BCUT2D eigenvalue weighted by atomic mass is 9.67. The van der Waals surface area contributed by atoms with Gasteiger partial charge in [-0.05, 0) is 100 Å². The molecule has 1 nitrogen and oxygen atoms in total. The van der Waals surface area contributed by atoms with E-state index in [9.17, 15) is 0 Å². The molecule has 2 saturated carbocycles. The van der Waals surface area contributed by atoms with Gasteiger partial charge in [0.05, 0.1) is 5.69 Å². The SMILES string of the molecule is c1ccc(-c2ccc(N(c3ccc4c(c3)C3(CC5CCC3C5)c3ccccc3-4)c3ccccc3-c3ccccc3)cc2)cc1. The lowest BCUT2D eigenvalue weighted by Crippen LogP contribution is -2.32. The number of fused-ring (bicyclic) bond motifs is 8. The Morgan fingerprint density at radius 2 is 1.09 bits per heavy atom. The minimum Gasteiger partial charge on any atom is -0.310 e. The van der Waals surface area contributed by atoms with Gasteiger partial charge in [0.25, 0.3) is 0 Å². The molecule has 3 aliphatic carbocycles. The van der Waals surface area contributed by atoms with Crippen LogP contribution in [-0.2, 0) is 5.41 Å². The predicted molar refractivity (Wildman–Crippen MR) is 184 cm³/mol. The van der Waals surface area contributed by atoms with Crippen molar-refractivity contribution in [1.82, 2.24) is 0 Å². The molecule has 3 unspecified atom stereocenters. The van der Waals surface area contributed by atoms with Gasteiger partial charge in [0.1, 0.15) is 0 Å². The van der Waals surface area contributed by atoms with Gasteiger partial charge >= 0.3 is 0 Å². The molecule has 0 saturated heterocycles. The Labute approximate surface area is 260 Å². The van der Waals surface area contributed by atoms with Crippen molar-refractivity contribution in [2.45, 2.75) is 31.1 Å². The van der Waals surface area contributed by atoms with Crippen molar-refractivity contribution in [3.63, 3.8) is 0 Å². The van der Waals surface area contributed by atoms with Crippen LogP contribution in [0.5, 0.6) is 0 Å². The number of hydrogen-bond donors (Lipinski definition) is 0. The van der Waals surface area contributed by atoms with E-state index >= 15 is 0 Å². The maximum atomic E-state index is 2.56. The molecule has 3 atom stereocenters. The molecule has 0 N–H and O–H groups in total. The van der Waals surface area contributed by atoms with Crippen LogP contribution >= 0.6 is 0 Å². The minimum atomic E-state index is 0.145. The van der Waals surface area contributed by atoms with Crippen LogP contribution in [0.3, 0.4) is 0 Å². The van der Waals surface area contributed by atoms with E-state index in [0.717, 1.165) is 11.8 Å². The van der Waals surface area contributed by atoms with Gasteiger partial charge in [-0.2, -0.15) is 0 Å². The van der Waals surface area contributed by atoms with Crippen LogP contribution in [0.25, 0.3) is 33.4 Å². The molecule has 9 rings (SSSR count). The smallest absolute Gasteiger partial charge is 0.0540 e. The van der Waals surface area contributed by atoms with E-state index < -0.39 is 0 Å². The highest BCUT2D eigenvalue weighted by molar-refractivity contribution is 5.91. The molecule has 6 aromatic carbocycles. The predicted octanol–water partition coefficient (Wildman–Crippen LogP) is 11.6. The lowest BCUT2D eigenvalue weighted by Gasteiger charge is -2.37. The van der Waals surface area contributed by atoms with Crippen LogP contribution in [-0.4, -0.2) is 0 Å². The van der Waals surface area contributed by atoms with Crippen LogP contribution in [0.1, 0.15) is 36.8 Å². The summed E-state index contributed by atoms with van der Waals surface area (Å²) < 4.78 is 0. The molecule has 2 bridgehead atoms. The number of rotatable bonds is 5. The third-order valence-electron chi connectivity index (χ3n) is 10.8. The Hall–Kier alpha value is -4.88. The minimum absolute atomic E-state index is 0.145. The quantitative estimate of drug-likeness (QED) is 0.201. The Kier molecular flexibility index (Phi) is 5.88. The highest BCUT2D eigenvalue weighted by Gasteiger charge is 2.56. The monoisotopic (exact) mass is 565 g/mol. The van der Waals surface area contributed by atoms with Crippen molar-refractivity contribution in [3.8, 4) is 33.4 Å². The maximum Gasteiger partial charge on any atom is 0.0540 e. The van der Waals surface area contributed by atoms with E-state index in [1.165, 1.54) is 76.1 Å². The zero-order valence-electron chi connectivity index (χ0n) is 24.9. The standard InChI is InChI=1S/C43H35N/c1-3-11-31(12-4-1)32-20-23-35(24-21-32)44(42-18-10-8-15-37(42)33-13-5-2-6-14-33)36-25-26-39-38-16-7-9-17-40(38)43(41(39)28-36)29-30-19-22-34(43)27-30/h1-18,20-21,23-26,28,30,34H,19,22,27,29H2. The zero-order valence-corrected chi connectivity index (χ0v) is 24.9. The first-order valence-electron chi connectivity index (χ1n) is 16.1. The molecule has 44 heavy (non-hydrogen) atoms. The number of anilines is 3. The Balaban J connectivity index is 1.24. The Morgan fingerprint density at radius 1 is 0.477 bits per heavy atom. The van der Waals surface area contributed by atoms with Gasteiger partial charge in [-0.1, -0.05) is 128 Å². The van der Waals surface area contributed by atoms with E-state index in [0.29, 0.717) is 0 Å². The molecule has 1 spiro atoms. The fraction of sp³-hybridized carbons (Fsp3) is 0.163. The summed E-state index contributed by atoms with van der Waals surface area (Å²) in [5, 5.41) is 0. The number of benzene rings is 6. The van der Waals surface area contributed by atoms with Gasteiger partial charge in [0.2, 0.25) is 0 Å². The summed E-state index contributed by atoms with van der Waals surface area (Å²) in [5.41, 5.74) is 14.7. The summed E-state index contributed by atoms with van der Waals surface area (Å²) in [6, 6.07) is 56.1. The van der Waals surface area contributed by atoms with E-state index in [1.807, 2.05) is 0 Å². The second kappa shape index (κ2) is 10.1. The molecular weight excluding hydrogens is 530 g/mol. The van der Waals surface area contributed by atoms with Crippen molar-refractivity contribution in [1.29, 1.82) is 0 Å². The van der Waals surface area contributed by atoms with Crippen LogP contribution in [0.15, 0.2) is 152 Å². The third-order valence-corrected chi connectivity index (χ3v) is 10.8. The van der Waals surface area contributed by atoms with Gasteiger partial charge in [-0.3, -0.25) is 0 Å². The van der Waals surface area contributed by atoms with E-state index in [2.05, 4.69) is 157 Å². The molecular formula is C43H35N. The topological polar surface area (TPSA) is 3.24 Å². The summed E-state index contributed by atoms with van der Waals surface area (Å²) in [7, 11) is 0. The molecule has 0 aromatic heterocycles. The maximum absolute atomic E-state index is 2.56. The van der Waals surface area contributed by atoms with Gasteiger partial charge < -0.3 is 4.90 Å². The number of nitrogens with zero attached hydrogens (tertiary/aromatic N) is 1. The van der Waals surface area contributed by atoms with Crippen LogP contribution in [0.4, 0.5) is 17.1 Å². The van der Waals surface area contributed by atoms with Gasteiger partial charge in [0, 0.05) is 22.4 Å². The number of hydrogen-bond acceptors (Lipinski definition) is 1. The van der Waals surface area contributed by atoms with Gasteiger partial charge in [-0.25, -0.2) is 0 Å². The van der Waals surface area contributed by atoms with Crippen LogP contribution < -0.4 is 4.90 Å². The van der Waals surface area contributed by atoms with E-state index in [-0.39, 0.29) is 5.41 Å². The summed E-state index contributed by atoms with van der Waals surface area (Å²) in [4.78, 5) is 2.49.